The molecule has 4 heteroatoms. The molecule has 0 amide bonds. The lowest BCUT2D eigenvalue weighted by Crippen LogP contribution is -2.23. The third-order valence-electron chi connectivity index (χ3n) is 3.13. The van der Waals surface area contributed by atoms with Gasteiger partial charge in [0.05, 0.1) is 0 Å². The molecule has 0 radical (unpaired) electrons. The van der Waals surface area contributed by atoms with Crippen molar-refractivity contribution in [2.45, 2.75) is 19.9 Å². The number of halogens is 2. The molecule has 0 saturated heterocycles. The van der Waals surface area contributed by atoms with Crippen molar-refractivity contribution in [3.8, 4) is 0 Å². The highest BCUT2D eigenvalue weighted by molar-refractivity contribution is 9.10. The van der Waals surface area contributed by atoms with Gasteiger partial charge in [0.2, 0.25) is 0 Å². The van der Waals surface area contributed by atoms with Crippen molar-refractivity contribution in [3.63, 3.8) is 0 Å². The third kappa shape index (κ3) is 3.90. The fourth-order valence-corrected chi connectivity index (χ4v) is 2.84. The third-order valence-corrected chi connectivity index (χ3v) is 3.97. The van der Waals surface area contributed by atoms with Crippen LogP contribution in [0.4, 0.5) is 11.4 Å². The highest BCUT2D eigenvalue weighted by Crippen LogP contribution is 2.25. The van der Waals surface area contributed by atoms with Crippen molar-refractivity contribution >= 4 is 38.9 Å². The molecule has 0 aromatic heterocycles. The van der Waals surface area contributed by atoms with E-state index in [1.807, 2.05) is 24.3 Å². The molecule has 106 valence electrons. The Kier molecular flexibility index (Phi) is 5.32. The molecule has 2 nitrogen and oxygen atoms in total. The van der Waals surface area contributed by atoms with E-state index in [0.717, 1.165) is 40.3 Å². The fourth-order valence-electron chi connectivity index (χ4n) is 2.11. The molecular formula is C16H18BrClN2. The van der Waals surface area contributed by atoms with Crippen LogP contribution < -0.4 is 10.6 Å². The average molecular weight is 354 g/mol. The summed E-state index contributed by atoms with van der Waals surface area (Å²) in [5, 5.41) is 0.788. The van der Waals surface area contributed by atoms with Gasteiger partial charge >= 0.3 is 0 Å². The van der Waals surface area contributed by atoms with Crippen LogP contribution in [0.1, 0.15) is 18.9 Å². The maximum atomic E-state index is 6.31. The summed E-state index contributed by atoms with van der Waals surface area (Å²) in [6.07, 6.45) is 1.08. The second kappa shape index (κ2) is 7.00. The first-order chi connectivity index (χ1) is 9.60. The zero-order chi connectivity index (χ0) is 14.5. The number of anilines is 2. The first-order valence-corrected chi connectivity index (χ1v) is 7.81. The summed E-state index contributed by atoms with van der Waals surface area (Å²) in [6, 6.07) is 14.0. The molecule has 0 fully saturated rings. The van der Waals surface area contributed by atoms with Crippen LogP contribution in [0.3, 0.4) is 0 Å². The molecular weight excluding hydrogens is 336 g/mol. The van der Waals surface area contributed by atoms with Gasteiger partial charge in [-0.15, -0.1) is 0 Å². The minimum atomic E-state index is 0.784. The van der Waals surface area contributed by atoms with Gasteiger partial charge in [-0.2, -0.15) is 0 Å². The van der Waals surface area contributed by atoms with E-state index in [-0.39, 0.29) is 0 Å². The van der Waals surface area contributed by atoms with Crippen LogP contribution in [0.25, 0.3) is 0 Å². The van der Waals surface area contributed by atoms with Crippen molar-refractivity contribution in [1.29, 1.82) is 0 Å². The minimum Gasteiger partial charge on any atom is -0.399 e. The number of rotatable bonds is 5. The number of hydrogen-bond acceptors (Lipinski definition) is 2. The van der Waals surface area contributed by atoms with Gasteiger partial charge in [-0.05, 0) is 48.4 Å². The van der Waals surface area contributed by atoms with E-state index in [1.54, 1.807) is 0 Å². The number of benzene rings is 2. The topological polar surface area (TPSA) is 29.3 Å². The van der Waals surface area contributed by atoms with E-state index in [4.69, 9.17) is 17.3 Å². The van der Waals surface area contributed by atoms with Crippen LogP contribution >= 0.6 is 27.5 Å². The molecule has 20 heavy (non-hydrogen) atoms. The zero-order valence-electron chi connectivity index (χ0n) is 11.4. The Morgan fingerprint density at radius 3 is 2.45 bits per heavy atom. The highest BCUT2D eigenvalue weighted by atomic mass is 79.9. The number of nitrogens with zero attached hydrogens (tertiary/aromatic N) is 1. The summed E-state index contributed by atoms with van der Waals surface area (Å²) in [5.74, 6) is 0. The fraction of sp³-hybridized carbons (Fsp3) is 0.250. The van der Waals surface area contributed by atoms with Crippen LogP contribution in [0.5, 0.6) is 0 Å². The Morgan fingerprint density at radius 1 is 1.15 bits per heavy atom. The molecule has 2 rings (SSSR count). The smallest absolute Gasteiger partial charge is 0.0467 e. The molecule has 0 unspecified atom stereocenters. The van der Waals surface area contributed by atoms with E-state index in [9.17, 15) is 0 Å². The molecule has 0 aliphatic heterocycles. The first kappa shape index (κ1) is 15.2. The predicted octanol–water partition coefficient (Wildman–Crippen LogP) is 5.10. The van der Waals surface area contributed by atoms with Crippen LogP contribution in [0.15, 0.2) is 46.9 Å². The van der Waals surface area contributed by atoms with Gasteiger partial charge in [0, 0.05) is 34.0 Å². The van der Waals surface area contributed by atoms with Crippen LogP contribution in [-0.4, -0.2) is 6.54 Å². The van der Waals surface area contributed by atoms with Crippen LogP contribution in [0.2, 0.25) is 5.02 Å². The Hall–Kier alpha value is -1.19. The number of hydrogen-bond donors (Lipinski definition) is 1. The van der Waals surface area contributed by atoms with E-state index in [2.05, 4.69) is 46.0 Å². The molecule has 0 saturated carbocycles. The largest absolute Gasteiger partial charge is 0.399 e. The minimum absolute atomic E-state index is 0.784. The monoisotopic (exact) mass is 352 g/mol. The van der Waals surface area contributed by atoms with E-state index < -0.39 is 0 Å². The van der Waals surface area contributed by atoms with E-state index >= 15 is 0 Å². The lowest BCUT2D eigenvalue weighted by Gasteiger charge is -2.25. The Balaban J connectivity index is 2.22. The van der Waals surface area contributed by atoms with Gasteiger partial charge in [-0.25, -0.2) is 0 Å². The van der Waals surface area contributed by atoms with Gasteiger partial charge in [0.1, 0.15) is 0 Å². The first-order valence-electron chi connectivity index (χ1n) is 6.64. The summed E-state index contributed by atoms with van der Waals surface area (Å²) >= 11 is 9.74. The average Bonchev–Trinajstić information content (AvgIpc) is 2.42. The summed E-state index contributed by atoms with van der Waals surface area (Å²) in [7, 11) is 0. The number of nitrogens with two attached hydrogens (primary N) is 1. The Bertz CT molecular complexity index is 569. The van der Waals surface area contributed by atoms with Crippen molar-refractivity contribution in [2.24, 2.45) is 0 Å². The summed E-state index contributed by atoms with van der Waals surface area (Å²) in [5.41, 5.74) is 8.83. The van der Waals surface area contributed by atoms with E-state index in [1.165, 1.54) is 5.69 Å². The van der Waals surface area contributed by atoms with Gasteiger partial charge < -0.3 is 10.6 Å². The lowest BCUT2D eigenvalue weighted by molar-refractivity contribution is 0.767. The molecule has 0 heterocycles. The normalized spacial score (nSPS) is 10.6. The molecule has 2 aromatic carbocycles. The SMILES string of the molecule is CCCN(Cc1ccc(Br)cc1Cl)c1ccc(N)cc1. The Morgan fingerprint density at radius 2 is 1.85 bits per heavy atom. The molecule has 0 aliphatic carbocycles. The van der Waals surface area contributed by atoms with Crippen molar-refractivity contribution in [1.82, 2.24) is 0 Å². The lowest BCUT2D eigenvalue weighted by atomic mass is 10.2. The van der Waals surface area contributed by atoms with Gasteiger partial charge in [0.25, 0.3) is 0 Å². The molecule has 0 bridgehead atoms. The maximum Gasteiger partial charge on any atom is 0.0467 e. The summed E-state index contributed by atoms with van der Waals surface area (Å²) in [6.45, 7) is 3.95. The van der Waals surface area contributed by atoms with Gasteiger partial charge in [-0.1, -0.05) is 40.5 Å². The van der Waals surface area contributed by atoms with Crippen molar-refractivity contribution in [3.05, 3.63) is 57.5 Å². The molecule has 0 spiro atoms. The summed E-state index contributed by atoms with van der Waals surface area (Å²) in [4.78, 5) is 2.31. The van der Waals surface area contributed by atoms with E-state index in [0.29, 0.717) is 0 Å². The maximum absolute atomic E-state index is 6.31. The quantitative estimate of drug-likeness (QED) is 0.758. The highest BCUT2D eigenvalue weighted by Gasteiger charge is 2.09. The zero-order valence-corrected chi connectivity index (χ0v) is 13.8. The molecule has 0 aliphatic rings. The van der Waals surface area contributed by atoms with Gasteiger partial charge in [0.15, 0.2) is 0 Å². The molecule has 2 aromatic rings. The molecule has 2 N–H and O–H groups in total. The van der Waals surface area contributed by atoms with Gasteiger partial charge in [-0.3, -0.25) is 0 Å². The second-order valence-corrected chi connectivity index (χ2v) is 6.07. The van der Waals surface area contributed by atoms with Crippen LogP contribution in [-0.2, 0) is 6.54 Å². The Labute approximate surface area is 133 Å². The van der Waals surface area contributed by atoms with Crippen molar-refractivity contribution in [2.75, 3.05) is 17.2 Å². The molecule has 0 atom stereocenters. The predicted molar refractivity (Wildman–Crippen MR) is 91.3 cm³/mol. The number of nitrogen functional groups attached to an aromatic ring is 1. The standard InChI is InChI=1S/C16H18BrClN2/c1-2-9-20(15-7-5-14(19)6-8-15)11-12-3-4-13(17)10-16(12)18/h3-8,10H,2,9,11,19H2,1H3. The summed E-state index contributed by atoms with van der Waals surface area (Å²) < 4.78 is 1.00. The second-order valence-electron chi connectivity index (χ2n) is 4.75. The van der Waals surface area contributed by atoms with Crippen LogP contribution in [0, 0.1) is 0 Å². The van der Waals surface area contributed by atoms with Crippen molar-refractivity contribution < 1.29 is 0 Å².